The molecule has 1 saturated heterocycles. The molecule has 1 N–H and O–H groups in total. The van der Waals surface area contributed by atoms with Gasteiger partial charge in [-0.3, -0.25) is 0 Å². The van der Waals surface area contributed by atoms with E-state index < -0.39 is 14.4 Å². The van der Waals surface area contributed by atoms with Crippen LogP contribution in [0.4, 0.5) is 0 Å². The summed E-state index contributed by atoms with van der Waals surface area (Å²) in [6.07, 6.45) is 4.13. The highest BCUT2D eigenvalue weighted by molar-refractivity contribution is 6.99. The van der Waals surface area contributed by atoms with Crippen LogP contribution in [0.2, 0.25) is 5.04 Å². The van der Waals surface area contributed by atoms with E-state index in [0.717, 1.165) is 12.0 Å². The number of aliphatic hydroxyl groups is 1. The molecule has 1 aliphatic rings. The maximum atomic E-state index is 10.7. The Kier molecular flexibility index (Phi) is 10.6. The smallest absolute Gasteiger partial charge is 0.261 e. The first-order valence-electron chi connectivity index (χ1n) is 14.6. The zero-order valence-corrected chi connectivity index (χ0v) is 25.7. The van der Waals surface area contributed by atoms with Gasteiger partial charge in [-0.2, -0.15) is 0 Å². The summed E-state index contributed by atoms with van der Waals surface area (Å²) in [5.41, 5.74) is 1.14. The summed E-state index contributed by atoms with van der Waals surface area (Å²) in [5.74, 6) is 0.118. The molecule has 5 atom stereocenters. The van der Waals surface area contributed by atoms with E-state index in [4.69, 9.17) is 13.9 Å². The predicted molar refractivity (Wildman–Crippen MR) is 166 cm³/mol. The molecular weight excluding hydrogens is 512 g/mol. The molecule has 5 heteroatoms. The second-order valence-electron chi connectivity index (χ2n) is 12.0. The third-order valence-electron chi connectivity index (χ3n) is 8.09. The molecule has 3 aromatic rings. The van der Waals surface area contributed by atoms with Crippen molar-refractivity contribution in [2.75, 3.05) is 6.61 Å². The largest absolute Gasteiger partial charge is 0.404 e. The number of rotatable bonds is 11. The first-order valence-corrected chi connectivity index (χ1v) is 16.5. The Balaban J connectivity index is 1.67. The average molecular weight is 559 g/mol. The van der Waals surface area contributed by atoms with E-state index in [1.807, 2.05) is 37.3 Å². The number of benzene rings is 3. The molecule has 0 aromatic heterocycles. The first-order chi connectivity index (χ1) is 19.2. The Morgan fingerprint density at radius 1 is 0.925 bits per heavy atom. The Morgan fingerprint density at radius 3 is 2.00 bits per heavy atom. The van der Waals surface area contributed by atoms with Crippen LogP contribution < -0.4 is 10.4 Å². The van der Waals surface area contributed by atoms with Crippen LogP contribution in [-0.2, 0) is 20.5 Å². The second-order valence-corrected chi connectivity index (χ2v) is 16.3. The molecular formula is C35H46O4Si. The van der Waals surface area contributed by atoms with Crippen LogP contribution in [0.15, 0.2) is 103 Å². The molecule has 0 spiro atoms. The summed E-state index contributed by atoms with van der Waals surface area (Å²) in [4.78, 5) is 0. The zero-order valence-electron chi connectivity index (χ0n) is 24.7. The summed E-state index contributed by atoms with van der Waals surface area (Å²) < 4.78 is 20.4. The summed E-state index contributed by atoms with van der Waals surface area (Å²) in [7, 11) is -2.75. The third-order valence-corrected chi connectivity index (χ3v) is 13.2. The fraction of sp³-hybridized carbons (Fsp3) is 0.429. The lowest BCUT2D eigenvalue weighted by atomic mass is 9.89. The lowest BCUT2D eigenvalue weighted by Crippen LogP contribution is -2.69. The lowest BCUT2D eigenvalue weighted by Gasteiger charge is -2.49. The Hall–Kier alpha value is -2.54. The standard InChI is InChI=1S/C35H46O4Si/c1-6-16-29(36)23-30-24-33(27(2)34(38-30)26-37-25-28-17-10-7-11-18-28)39-40(35(3,4)5,31-19-12-8-13-20-31)32-21-14-9-15-22-32/h6-22,27,29-30,33-34,36H,23-26H2,1-5H3/b16-6+/t27-,29+,30-,33+,34+/m1/s1. The molecule has 1 fully saturated rings. The van der Waals surface area contributed by atoms with Gasteiger partial charge in [0.05, 0.1) is 37.6 Å². The molecule has 214 valence electrons. The number of ether oxygens (including phenoxy) is 2. The van der Waals surface area contributed by atoms with Crippen molar-refractivity contribution in [3.05, 3.63) is 109 Å². The summed E-state index contributed by atoms with van der Waals surface area (Å²) in [6, 6.07) is 31.8. The van der Waals surface area contributed by atoms with E-state index in [1.165, 1.54) is 10.4 Å². The molecule has 3 aromatic carbocycles. The van der Waals surface area contributed by atoms with E-state index in [-0.39, 0.29) is 29.3 Å². The normalized spacial score (nSPS) is 22.9. The molecule has 0 radical (unpaired) electrons. The average Bonchev–Trinajstić information content (AvgIpc) is 2.95. The number of hydrogen-bond donors (Lipinski definition) is 1. The molecule has 0 unspecified atom stereocenters. The highest BCUT2D eigenvalue weighted by Crippen LogP contribution is 2.41. The van der Waals surface area contributed by atoms with Crippen LogP contribution in [0.3, 0.4) is 0 Å². The van der Waals surface area contributed by atoms with Gasteiger partial charge in [0.25, 0.3) is 8.32 Å². The van der Waals surface area contributed by atoms with Gasteiger partial charge in [-0.15, -0.1) is 0 Å². The molecule has 40 heavy (non-hydrogen) atoms. The second kappa shape index (κ2) is 13.9. The van der Waals surface area contributed by atoms with E-state index in [9.17, 15) is 5.11 Å². The van der Waals surface area contributed by atoms with Gasteiger partial charge >= 0.3 is 0 Å². The van der Waals surface area contributed by atoms with Crippen LogP contribution in [0.5, 0.6) is 0 Å². The lowest BCUT2D eigenvalue weighted by molar-refractivity contribution is -0.156. The van der Waals surface area contributed by atoms with E-state index in [1.54, 1.807) is 0 Å². The minimum absolute atomic E-state index is 0.0480. The van der Waals surface area contributed by atoms with Gasteiger partial charge < -0.3 is 19.0 Å². The molecule has 0 amide bonds. The van der Waals surface area contributed by atoms with E-state index >= 15 is 0 Å². The van der Waals surface area contributed by atoms with Crippen molar-refractivity contribution >= 4 is 18.7 Å². The van der Waals surface area contributed by atoms with Gasteiger partial charge in [-0.05, 0) is 34.3 Å². The number of allylic oxidation sites excluding steroid dienone is 1. The summed E-state index contributed by atoms with van der Waals surface area (Å²) >= 11 is 0. The quantitative estimate of drug-likeness (QED) is 0.223. The van der Waals surface area contributed by atoms with Crippen molar-refractivity contribution in [2.24, 2.45) is 5.92 Å². The topological polar surface area (TPSA) is 47.9 Å². The molecule has 0 saturated carbocycles. The third kappa shape index (κ3) is 7.20. The van der Waals surface area contributed by atoms with Crippen LogP contribution in [-0.4, -0.2) is 44.4 Å². The molecule has 1 heterocycles. The Labute approximate surface area is 242 Å². The van der Waals surface area contributed by atoms with Gasteiger partial charge in [0, 0.05) is 12.3 Å². The number of hydrogen-bond acceptors (Lipinski definition) is 4. The molecule has 0 bridgehead atoms. The molecule has 4 nitrogen and oxygen atoms in total. The minimum Gasteiger partial charge on any atom is -0.404 e. The van der Waals surface area contributed by atoms with Crippen LogP contribution in [0.25, 0.3) is 0 Å². The minimum atomic E-state index is -2.75. The van der Waals surface area contributed by atoms with E-state index in [2.05, 4.69) is 100 Å². The van der Waals surface area contributed by atoms with Gasteiger partial charge in [0.1, 0.15) is 0 Å². The van der Waals surface area contributed by atoms with Crippen molar-refractivity contribution in [2.45, 2.75) is 83.5 Å². The maximum Gasteiger partial charge on any atom is 0.261 e. The van der Waals surface area contributed by atoms with Gasteiger partial charge in [-0.1, -0.05) is 131 Å². The van der Waals surface area contributed by atoms with Crippen molar-refractivity contribution in [1.82, 2.24) is 0 Å². The monoisotopic (exact) mass is 558 g/mol. The summed E-state index contributed by atoms with van der Waals surface area (Å²) in [5, 5.41) is 13.1. The highest BCUT2D eigenvalue weighted by Gasteiger charge is 2.53. The van der Waals surface area contributed by atoms with E-state index in [0.29, 0.717) is 19.6 Å². The van der Waals surface area contributed by atoms with Crippen LogP contribution in [0, 0.1) is 5.92 Å². The maximum absolute atomic E-state index is 10.7. The number of aliphatic hydroxyl groups excluding tert-OH is 1. The van der Waals surface area contributed by atoms with Crippen LogP contribution in [0.1, 0.15) is 53.0 Å². The fourth-order valence-electron chi connectivity index (χ4n) is 5.99. The zero-order chi connectivity index (χ0) is 28.6. The van der Waals surface area contributed by atoms with Gasteiger partial charge in [0.15, 0.2) is 0 Å². The van der Waals surface area contributed by atoms with Gasteiger partial charge in [0.2, 0.25) is 0 Å². The Bertz CT molecular complexity index is 1140. The molecule has 4 rings (SSSR count). The van der Waals surface area contributed by atoms with Crippen molar-refractivity contribution in [3.8, 4) is 0 Å². The predicted octanol–water partition coefficient (Wildman–Crippen LogP) is 6.27. The van der Waals surface area contributed by atoms with Crippen molar-refractivity contribution in [1.29, 1.82) is 0 Å². The first kappa shape index (κ1) is 30.4. The fourth-order valence-corrected chi connectivity index (χ4v) is 10.8. The Morgan fingerprint density at radius 2 is 1.48 bits per heavy atom. The van der Waals surface area contributed by atoms with Crippen LogP contribution >= 0.6 is 0 Å². The molecule has 1 aliphatic heterocycles. The van der Waals surface area contributed by atoms with Crippen molar-refractivity contribution in [3.63, 3.8) is 0 Å². The van der Waals surface area contributed by atoms with Crippen molar-refractivity contribution < 1.29 is 19.0 Å². The SMILES string of the molecule is C/C=C/[C@H](O)C[C@@H]1C[C@H](O[Si](c2ccccc2)(c2ccccc2)C(C)(C)C)[C@@H](C)[C@H](COCc2ccccc2)O1. The van der Waals surface area contributed by atoms with Gasteiger partial charge in [-0.25, -0.2) is 0 Å². The highest BCUT2D eigenvalue weighted by atomic mass is 28.4. The summed E-state index contributed by atoms with van der Waals surface area (Å²) in [6.45, 7) is 12.1. The molecule has 0 aliphatic carbocycles.